The SMILES string of the molecule is CCCC(=C=CC[C@@H](O)c1ccc(CO)o1)C[C@@H](O)C(C)C. The second-order valence-corrected chi connectivity index (χ2v) is 5.93. The van der Waals surface area contributed by atoms with Gasteiger partial charge in [-0.1, -0.05) is 27.2 Å². The second-order valence-electron chi connectivity index (χ2n) is 5.93. The second kappa shape index (κ2) is 9.65. The quantitative estimate of drug-likeness (QED) is 0.611. The average Bonchev–Trinajstić information content (AvgIpc) is 2.96. The molecule has 22 heavy (non-hydrogen) atoms. The van der Waals surface area contributed by atoms with E-state index in [2.05, 4.69) is 12.7 Å². The molecule has 2 atom stereocenters. The standard InChI is InChI=1S/C18H28O4/c1-4-6-14(11-17(21)13(2)3)7-5-8-16(20)18-10-9-15(12-19)22-18/h5,9-10,13,16-17,19-21H,4,6,8,11-12H2,1-3H3/t7?,16-,17-/m1/s1. The Balaban J connectivity index is 2.67. The van der Waals surface area contributed by atoms with E-state index in [0.717, 1.165) is 18.4 Å². The van der Waals surface area contributed by atoms with Gasteiger partial charge in [0.15, 0.2) is 0 Å². The Labute approximate surface area is 132 Å². The van der Waals surface area contributed by atoms with Crippen LogP contribution in [0.5, 0.6) is 0 Å². The van der Waals surface area contributed by atoms with Crippen LogP contribution in [0.3, 0.4) is 0 Å². The summed E-state index contributed by atoms with van der Waals surface area (Å²) in [6.45, 7) is 5.92. The zero-order valence-corrected chi connectivity index (χ0v) is 13.7. The minimum atomic E-state index is -0.745. The van der Waals surface area contributed by atoms with Gasteiger partial charge in [-0.05, 0) is 36.1 Å². The highest BCUT2D eigenvalue weighted by Gasteiger charge is 2.12. The fourth-order valence-corrected chi connectivity index (χ4v) is 2.11. The predicted molar refractivity (Wildman–Crippen MR) is 86.2 cm³/mol. The molecule has 0 aliphatic rings. The maximum atomic E-state index is 10.0. The van der Waals surface area contributed by atoms with Crippen LogP contribution in [0.2, 0.25) is 0 Å². The Morgan fingerprint density at radius 1 is 1.32 bits per heavy atom. The minimum absolute atomic E-state index is 0.170. The molecular formula is C18H28O4. The van der Waals surface area contributed by atoms with E-state index in [4.69, 9.17) is 9.52 Å². The van der Waals surface area contributed by atoms with Crippen molar-refractivity contribution >= 4 is 0 Å². The van der Waals surface area contributed by atoms with Gasteiger partial charge in [-0.15, -0.1) is 5.73 Å². The van der Waals surface area contributed by atoms with Gasteiger partial charge in [-0.3, -0.25) is 0 Å². The number of furan rings is 1. The molecule has 0 saturated heterocycles. The molecule has 0 unspecified atom stereocenters. The summed E-state index contributed by atoms with van der Waals surface area (Å²) in [5.74, 6) is 1.11. The van der Waals surface area contributed by atoms with Crippen LogP contribution in [-0.2, 0) is 6.61 Å². The maximum absolute atomic E-state index is 10.0. The van der Waals surface area contributed by atoms with Gasteiger partial charge in [0.1, 0.15) is 24.2 Å². The molecule has 0 bridgehead atoms. The molecule has 0 saturated carbocycles. The molecule has 0 amide bonds. The highest BCUT2D eigenvalue weighted by Crippen LogP contribution is 2.21. The van der Waals surface area contributed by atoms with Gasteiger partial charge < -0.3 is 19.7 Å². The molecule has 1 aromatic rings. The third-order valence-electron chi connectivity index (χ3n) is 3.59. The van der Waals surface area contributed by atoms with Gasteiger partial charge >= 0.3 is 0 Å². The van der Waals surface area contributed by atoms with Crippen molar-refractivity contribution in [2.24, 2.45) is 5.92 Å². The van der Waals surface area contributed by atoms with Gasteiger partial charge in [0.25, 0.3) is 0 Å². The molecule has 0 fully saturated rings. The van der Waals surface area contributed by atoms with Crippen LogP contribution < -0.4 is 0 Å². The Morgan fingerprint density at radius 3 is 2.59 bits per heavy atom. The summed E-state index contributed by atoms with van der Waals surface area (Å²) >= 11 is 0. The lowest BCUT2D eigenvalue weighted by molar-refractivity contribution is 0.125. The molecule has 3 N–H and O–H groups in total. The van der Waals surface area contributed by atoms with Gasteiger partial charge in [0.05, 0.1) is 6.10 Å². The minimum Gasteiger partial charge on any atom is -0.461 e. The first-order valence-electron chi connectivity index (χ1n) is 7.96. The molecule has 0 radical (unpaired) electrons. The first kappa shape index (κ1) is 18.7. The predicted octanol–water partition coefficient (Wildman–Crippen LogP) is 3.48. The summed E-state index contributed by atoms with van der Waals surface area (Å²) in [5, 5.41) is 29.0. The fraction of sp³-hybridized carbons (Fsp3) is 0.611. The van der Waals surface area contributed by atoms with E-state index in [1.807, 2.05) is 13.8 Å². The van der Waals surface area contributed by atoms with Crippen molar-refractivity contribution in [1.29, 1.82) is 0 Å². The van der Waals surface area contributed by atoms with Crippen molar-refractivity contribution in [3.8, 4) is 0 Å². The zero-order valence-electron chi connectivity index (χ0n) is 13.7. The summed E-state index contributed by atoms with van der Waals surface area (Å²) in [6.07, 6.45) is 3.60. The molecule has 0 aromatic carbocycles. The Morgan fingerprint density at radius 2 is 2.05 bits per heavy atom. The van der Waals surface area contributed by atoms with Crippen LogP contribution in [0, 0.1) is 5.92 Å². The first-order chi connectivity index (χ1) is 10.5. The fourth-order valence-electron chi connectivity index (χ4n) is 2.11. The lowest BCUT2D eigenvalue weighted by Gasteiger charge is -2.15. The van der Waals surface area contributed by atoms with E-state index < -0.39 is 6.10 Å². The monoisotopic (exact) mass is 308 g/mol. The van der Waals surface area contributed by atoms with Gasteiger partial charge in [0, 0.05) is 12.8 Å². The molecule has 0 aliphatic carbocycles. The molecule has 4 heteroatoms. The van der Waals surface area contributed by atoms with E-state index >= 15 is 0 Å². The van der Waals surface area contributed by atoms with Crippen LogP contribution in [0.4, 0.5) is 0 Å². The molecule has 0 aliphatic heterocycles. The van der Waals surface area contributed by atoms with E-state index in [-0.39, 0.29) is 18.6 Å². The average molecular weight is 308 g/mol. The van der Waals surface area contributed by atoms with E-state index in [9.17, 15) is 10.2 Å². The largest absolute Gasteiger partial charge is 0.461 e. The molecule has 0 spiro atoms. The first-order valence-corrected chi connectivity index (χ1v) is 7.96. The summed E-state index contributed by atoms with van der Waals surface area (Å²) in [4.78, 5) is 0. The normalized spacial score (nSPS) is 13.8. The molecule has 1 rings (SSSR count). The van der Waals surface area contributed by atoms with Crippen LogP contribution in [0.25, 0.3) is 0 Å². The summed E-state index contributed by atoms with van der Waals surface area (Å²) in [7, 11) is 0. The van der Waals surface area contributed by atoms with E-state index in [1.54, 1.807) is 18.2 Å². The van der Waals surface area contributed by atoms with Crippen LogP contribution in [0.1, 0.15) is 64.1 Å². The number of hydrogen-bond acceptors (Lipinski definition) is 4. The summed E-state index contributed by atoms with van der Waals surface area (Å²) in [5.41, 5.74) is 4.28. The highest BCUT2D eigenvalue weighted by molar-refractivity contribution is 5.10. The molecule has 4 nitrogen and oxygen atoms in total. The highest BCUT2D eigenvalue weighted by atomic mass is 16.4. The third-order valence-corrected chi connectivity index (χ3v) is 3.59. The topological polar surface area (TPSA) is 73.8 Å². The third kappa shape index (κ3) is 6.20. The van der Waals surface area contributed by atoms with Crippen molar-refractivity contribution in [2.75, 3.05) is 0 Å². The Bertz CT molecular complexity index is 495. The number of rotatable bonds is 9. The van der Waals surface area contributed by atoms with Crippen LogP contribution >= 0.6 is 0 Å². The van der Waals surface area contributed by atoms with Gasteiger partial charge in [-0.2, -0.15) is 0 Å². The van der Waals surface area contributed by atoms with Gasteiger partial charge in [-0.25, -0.2) is 0 Å². The van der Waals surface area contributed by atoms with E-state index in [1.165, 1.54) is 0 Å². The zero-order chi connectivity index (χ0) is 16.5. The van der Waals surface area contributed by atoms with Crippen LogP contribution in [0.15, 0.2) is 33.9 Å². The maximum Gasteiger partial charge on any atom is 0.133 e. The van der Waals surface area contributed by atoms with Crippen molar-refractivity contribution in [3.63, 3.8) is 0 Å². The molecule has 124 valence electrons. The lowest BCUT2D eigenvalue weighted by Crippen LogP contribution is -2.15. The lowest BCUT2D eigenvalue weighted by atomic mass is 9.97. The van der Waals surface area contributed by atoms with Crippen molar-refractivity contribution in [1.82, 2.24) is 0 Å². The van der Waals surface area contributed by atoms with E-state index in [0.29, 0.717) is 24.4 Å². The number of aliphatic hydroxyl groups is 3. The van der Waals surface area contributed by atoms with Gasteiger partial charge in [0.2, 0.25) is 0 Å². The molecule has 1 aromatic heterocycles. The number of aliphatic hydroxyl groups excluding tert-OH is 3. The Kier molecular flexibility index (Phi) is 8.21. The van der Waals surface area contributed by atoms with Crippen molar-refractivity contribution in [2.45, 2.75) is 65.3 Å². The van der Waals surface area contributed by atoms with Crippen molar-refractivity contribution in [3.05, 3.63) is 41.0 Å². The summed E-state index contributed by atoms with van der Waals surface area (Å²) < 4.78 is 5.30. The molecule has 1 heterocycles. The smallest absolute Gasteiger partial charge is 0.133 e. The molecular weight excluding hydrogens is 280 g/mol. The van der Waals surface area contributed by atoms with Crippen molar-refractivity contribution < 1.29 is 19.7 Å². The summed E-state index contributed by atoms with van der Waals surface area (Å²) in [6, 6.07) is 3.32. The number of hydrogen-bond donors (Lipinski definition) is 3. The Hall–Kier alpha value is -1.32. The van der Waals surface area contributed by atoms with Crippen LogP contribution in [-0.4, -0.2) is 21.4 Å².